The van der Waals surface area contributed by atoms with E-state index < -0.39 is 13.4 Å². The molecule has 10 nitrogen and oxygen atoms in total. The predicted octanol–water partition coefficient (Wildman–Crippen LogP) is 4.96. The van der Waals surface area contributed by atoms with Crippen LogP contribution in [0.2, 0.25) is 0 Å². The number of benzene rings is 2. The molecule has 1 atom stereocenters. The average Bonchev–Trinajstić information content (AvgIpc) is 3.37. The van der Waals surface area contributed by atoms with Gasteiger partial charge in [-0.3, -0.25) is 19.8 Å². The van der Waals surface area contributed by atoms with E-state index >= 15 is 0 Å². The van der Waals surface area contributed by atoms with Gasteiger partial charge in [-0.1, -0.05) is 48.2 Å². The van der Waals surface area contributed by atoms with Crippen LogP contribution in [0, 0.1) is 0 Å². The van der Waals surface area contributed by atoms with Crippen LogP contribution in [0.1, 0.15) is 25.2 Å². The topological polar surface area (TPSA) is 128 Å². The molecular weight excluding hydrogens is 501 g/mol. The van der Waals surface area contributed by atoms with E-state index in [9.17, 15) is 9.36 Å². The van der Waals surface area contributed by atoms with Gasteiger partial charge < -0.3 is 13.5 Å². The van der Waals surface area contributed by atoms with Crippen molar-refractivity contribution < 1.29 is 22.8 Å². The monoisotopic (exact) mass is 527 g/mol. The lowest BCUT2D eigenvalue weighted by atomic mass is 10.1. The Morgan fingerprint density at radius 1 is 1.03 bits per heavy atom. The maximum Gasteiger partial charge on any atom is 0.353 e. The van der Waals surface area contributed by atoms with Gasteiger partial charge in [0.1, 0.15) is 0 Å². The highest BCUT2D eigenvalue weighted by molar-refractivity contribution is 7.99. The predicted molar refractivity (Wildman–Crippen MR) is 137 cm³/mol. The molecule has 0 aliphatic rings. The Kier molecular flexibility index (Phi) is 8.84. The molecule has 12 heteroatoms. The van der Waals surface area contributed by atoms with Gasteiger partial charge in [-0.2, -0.15) is 0 Å². The van der Waals surface area contributed by atoms with E-state index in [1.807, 2.05) is 42.5 Å². The summed E-state index contributed by atoms with van der Waals surface area (Å²) in [6.45, 7) is 3.85. The third-order valence-corrected chi connectivity index (χ3v) is 8.15. The van der Waals surface area contributed by atoms with Gasteiger partial charge in [0.2, 0.25) is 11.8 Å². The smallest absolute Gasteiger partial charge is 0.353 e. The van der Waals surface area contributed by atoms with Crippen molar-refractivity contribution in [1.29, 1.82) is 0 Å². The molecule has 2 aromatic carbocycles. The van der Waals surface area contributed by atoms with Crippen LogP contribution in [0.3, 0.4) is 0 Å². The largest absolute Gasteiger partial charge is 0.411 e. The number of hydrogen-bond donors (Lipinski definition) is 2. The van der Waals surface area contributed by atoms with Crippen LogP contribution in [-0.4, -0.2) is 40.1 Å². The van der Waals surface area contributed by atoms with Crippen molar-refractivity contribution in [3.63, 3.8) is 0 Å². The molecule has 36 heavy (non-hydrogen) atoms. The molecule has 2 heterocycles. The van der Waals surface area contributed by atoms with Crippen molar-refractivity contribution in [1.82, 2.24) is 26.0 Å². The van der Waals surface area contributed by atoms with Crippen LogP contribution in [-0.2, 0) is 18.4 Å². The van der Waals surface area contributed by atoms with Crippen molar-refractivity contribution in [2.75, 3.05) is 19.0 Å². The molecule has 4 rings (SSSR count). The highest BCUT2D eigenvalue weighted by Crippen LogP contribution is 2.59. The number of hydrazine groups is 1. The minimum Gasteiger partial charge on any atom is -0.411 e. The van der Waals surface area contributed by atoms with Crippen LogP contribution in [0.4, 0.5) is 0 Å². The van der Waals surface area contributed by atoms with E-state index in [4.69, 9.17) is 13.5 Å². The Morgan fingerprint density at radius 3 is 2.47 bits per heavy atom. The number of carbonyl (C=O) groups excluding carboxylic acids is 1. The summed E-state index contributed by atoms with van der Waals surface area (Å²) >= 11 is 1.08. The lowest BCUT2D eigenvalue weighted by Gasteiger charge is -2.27. The van der Waals surface area contributed by atoms with E-state index in [1.165, 1.54) is 0 Å². The third-order valence-electron chi connectivity index (χ3n) is 5.03. The van der Waals surface area contributed by atoms with Crippen molar-refractivity contribution >= 4 is 36.0 Å². The molecule has 1 amide bonds. The van der Waals surface area contributed by atoms with Crippen molar-refractivity contribution in [3.05, 3.63) is 72.6 Å². The Balaban J connectivity index is 1.45. The number of pyridine rings is 1. The summed E-state index contributed by atoms with van der Waals surface area (Å²) in [7, 11) is -3.67. The van der Waals surface area contributed by atoms with Gasteiger partial charge in [0, 0.05) is 18.0 Å². The number of thioether (sulfide) groups is 1. The number of amides is 1. The van der Waals surface area contributed by atoms with E-state index in [0.29, 0.717) is 11.5 Å². The number of aromatic nitrogens is 3. The SMILES string of the molecule is CCOP(=O)(OCC)C(NNC(=O)CSc1nnc(-c2ccncc2)o1)c1ccc2ccccc2c1. The van der Waals surface area contributed by atoms with E-state index in [1.54, 1.807) is 38.4 Å². The number of hydrogen-bond acceptors (Lipinski definition) is 10. The fourth-order valence-corrected chi connectivity index (χ4v) is 5.86. The molecule has 0 saturated carbocycles. The van der Waals surface area contributed by atoms with E-state index in [0.717, 1.165) is 28.1 Å². The average molecular weight is 528 g/mol. The second-order valence-corrected chi connectivity index (χ2v) is 10.5. The zero-order valence-electron chi connectivity index (χ0n) is 19.8. The van der Waals surface area contributed by atoms with Crippen LogP contribution in [0.25, 0.3) is 22.2 Å². The molecule has 0 aliphatic heterocycles. The van der Waals surface area contributed by atoms with Crippen LogP contribution >= 0.6 is 19.4 Å². The summed E-state index contributed by atoms with van der Waals surface area (Å²) in [6, 6.07) is 17.0. The lowest BCUT2D eigenvalue weighted by Crippen LogP contribution is -2.41. The quantitative estimate of drug-likeness (QED) is 0.148. The van der Waals surface area contributed by atoms with Gasteiger partial charge in [-0.25, -0.2) is 5.43 Å². The number of rotatable bonds is 12. The van der Waals surface area contributed by atoms with Crippen molar-refractivity contribution in [2.45, 2.75) is 24.9 Å². The Hall–Kier alpha value is -3.08. The number of nitrogens with zero attached hydrogens (tertiary/aromatic N) is 3. The summed E-state index contributed by atoms with van der Waals surface area (Å²) in [4.78, 5) is 16.6. The fourth-order valence-electron chi connectivity index (χ4n) is 3.46. The highest BCUT2D eigenvalue weighted by atomic mass is 32.2. The van der Waals surface area contributed by atoms with Gasteiger partial charge in [0.15, 0.2) is 5.78 Å². The Morgan fingerprint density at radius 2 is 1.75 bits per heavy atom. The number of nitrogens with one attached hydrogen (secondary N) is 2. The molecule has 2 aromatic heterocycles. The molecule has 0 radical (unpaired) electrons. The van der Waals surface area contributed by atoms with Crippen LogP contribution < -0.4 is 10.9 Å². The molecule has 188 valence electrons. The summed E-state index contributed by atoms with van der Waals surface area (Å²) in [5.41, 5.74) is 6.89. The molecule has 0 bridgehead atoms. The van der Waals surface area contributed by atoms with Gasteiger partial charge in [-0.05, 0) is 48.4 Å². The molecule has 0 saturated heterocycles. The fraction of sp³-hybridized carbons (Fsp3) is 0.250. The minimum atomic E-state index is -3.67. The van der Waals surface area contributed by atoms with E-state index in [-0.39, 0.29) is 30.1 Å². The molecule has 4 aromatic rings. The Labute approximate surface area is 212 Å². The molecule has 0 fully saturated rings. The summed E-state index contributed by atoms with van der Waals surface area (Å²) in [5, 5.41) is 10.2. The first-order valence-electron chi connectivity index (χ1n) is 11.3. The summed E-state index contributed by atoms with van der Waals surface area (Å²) in [6.07, 6.45) is 3.25. The number of fused-ring (bicyclic) bond motifs is 1. The minimum absolute atomic E-state index is 0.0109. The third kappa shape index (κ3) is 6.37. The maximum absolute atomic E-state index is 13.7. The van der Waals surface area contributed by atoms with Gasteiger partial charge >= 0.3 is 7.60 Å². The van der Waals surface area contributed by atoms with Crippen LogP contribution in [0.15, 0.2) is 76.6 Å². The second-order valence-electron chi connectivity index (χ2n) is 7.47. The first-order chi connectivity index (χ1) is 17.5. The molecular formula is C24H26N5O5PS. The zero-order valence-corrected chi connectivity index (χ0v) is 21.5. The second kappa shape index (κ2) is 12.2. The molecule has 0 aliphatic carbocycles. The van der Waals surface area contributed by atoms with Crippen molar-refractivity contribution in [2.24, 2.45) is 0 Å². The lowest BCUT2D eigenvalue weighted by molar-refractivity contribution is -0.119. The standard InChI is InChI=1S/C24H26N5O5PS/c1-3-32-35(31,33-4-2)23(20-10-9-17-7-5-6-8-19(17)15-20)28-26-21(30)16-36-24-29-27-22(34-24)18-11-13-25-14-12-18/h5-15,23,28H,3-4,16H2,1-2H3,(H,26,30). The summed E-state index contributed by atoms with van der Waals surface area (Å²) < 4.78 is 30.4. The maximum atomic E-state index is 13.7. The van der Waals surface area contributed by atoms with Crippen molar-refractivity contribution in [3.8, 4) is 11.5 Å². The summed E-state index contributed by atoms with van der Waals surface area (Å²) in [5.74, 6) is -0.973. The number of carbonyl (C=O) groups is 1. The van der Waals surface area contributed by atoms with Gasteiger partial charge in [0.05, 0.1) is 19.0 Å². The van der Waals surface area contributed by atoms with Gasteiger partial charge in [0.25, 0.3) is 5.22 Å². The Bertz CT molecular complexity index is 1340. The first-order valence-corrected chi connectivity index (χ1v) is 13.9. The molecule has 0 spiro atoms. The normalized spacial score (nSPS) is 12.5. The van der Waals surface area contributed by atoms with E-state index in [2.05, 4.69) is 26.0 Å². The highest BCUT2D eigenvalue weighted by Gasteiger charge is 2.37. The van der Waals surface area contributed by atoms with Crippen LogP contribution in [0.5, 0.6) is 0 Å². The molecule has 1 unspecified atom stereocenters. The van der Waals surface area contributed by atoms with Gasteiger partial charge in [-0.15, -0.1) is 10.2 Å². The first kappa shape index (κ1) is 26.0. The zero-order chi connectivity index (χ0) is 25.4. The molecule has 2 N–H and O–H groups in total.